The molecule has 1 saturated heterocycles. The van der Waals surface area contributed by atoms with Gasteiger partial charge in [0.1, 0.15) is 5.60 Å². The number of rotatable bonds is 2. The van der Waals surface area contributed by atoms with Gasteiger partial charge >= 0.3 is 6.09 Å². The van der Waals surface area contributed by atoms with Crippen LogP contribution in [0.1, 0.15) is 53.9 Å². The molecule has 0 radical (unpaired) electrons. The predicted octanol–water partition coefficient (Wildman–Crippen LogP) is 3.43. The summed E-state index contributed by atoms with van der Waals surface area (Å²) in [6.07, 6.45) is 3.37. The average molecular weight is 227 g/mol. The normalized spacial score (nSPS) is 25.9. The van der Waals surface area contributed by atoms with Crippen LogP contribution in [0.25, 0.3) is 0 Å². The van der Waals surface area contributed by atoms with E-state index in [1.54, 1.807) is 0 Å². The van der Waals surface area contributed by atoms with Gasteiger partial charge < -0.3 is 9.64 Å². The third kappa shape index (κ3) is 3.39. The minimum absolute atomic E-state index is 0.154. The van der Waals surface area contributed by atoms with E-state index in [-0.39, 0.29) is 11.7 Å². The van der Waals surface area contributed by atoms with Crippen LogP contribution in [0.2, 0.25) is 0 Å². The highest BCUT2D eigenvalue weighted by Crippen LogP contribution is 2.29. The van der Waals surface area contributed by atoms with Gasteiger partial charge in [0.15, 0.2) is 0 Å². The van der Waals surface area contributed by atoms with E-state index in [2.05, 4.69) is 13.8 Å². The Bertz CT molecular complexity index is 245. The Labute approximate surface area is 99.1 Å². The Morgan fingerprint density at radius 3 is 2.56 bits per heavy atom. The van der Waals surface area contributed by atoms with Crippen LogP contribution < -0.4 is 0 Å². The molecule has 1 aliphatic rings. The van der Waals surface area contributed by atoms with Gasteiger partial charge in [-0.15, -0.1) is 0 Å². The molecule has 94 valence electrons. The monoisotopic (exact) mass is 227 g/mol. The number of ether oxygens (including phenoxy) is 1. The highest BCUT2D eigenvalue weighted by Gasteiger charge is 2.35. The molecule has 0 aromatic heterocycles. The molecule has 0 aromatic rings. The highest BCUT2D eigenvalue weighted by atomic mass is 16.6. The first kappa shape index (κ1) is 13.3. The van der Waals surface area contributed by atoms with Gasteiger partial charge in [-0.05, 0) is 46.5 Å². The number of hydrogen-bond donors (Lipinski definition) is 0. The molecule has 1 amide bonds. The van der Waals surface area contributed by atoms with Crippen LogP contribution in [0.4, 0.5) is 4.79 Å². The molecule has 0 N–H and O–H groups in total. The Morgan fingerprint density at radius 2 is 2.06 bits per heavy atom. The Hall–Kier alpha value is -0.730. The first-order chi connectivity index (χ1) is 7.35. The smallest absolute Gasteiger partial charge is 0.410 e. The van der Waals surface area contributed by atoms with Crippen molar-refractivity contribution in [1.29, 1.82) is 0 Å². The van der Waals surface area contributed by atoms with Gasteiger partial charge in [0, 0.05) is 12.6 Å². The van der Waals surface area contributed by atoms with E-state index >= 15 is 0 Å². The molecule has 0 aliphatic carbocycles. The van der Waals surface area contributed by atoms with Crippen LogP contribution in [-0.2, 0) is 4.74 Å². The van der Waals surface area contributed by atoms with Crippen LogP contribution in [-0.4, -0.2) is 29.2 Å². The Balaban J connectivity index is 2.53. The first-order valence-electron chi connectivity index (χ1n) is 6.34. The van der Waals surface area contributed by atoms with E-state index in [0.29, 0.717) is 12.0 Å². The third-order valence-corrected chi connectivity index (χ3v) is 3.20. The van der Waals surface area contributed by atoms with Gasteiger partial charge in [0.2, 0.25) is 0 Å². The van der Waals surface area contributed by atoms with Crippen molar-refractivity contribution in [2.24, 2.45) is 5.92 Å². The van der Waals surface area contributed by atoms with Crippen LogP contribution in [0, 0.1) is 5.92 Å². The summed E-state index contributed by atoms with van der Waals surface area (Å²) in [6.45, 7) is 10.9. The molecule has 1 rings (SSSR count). The second-order valence-corrected chi connectivity index (χ2v) is 5.75. The molecule has 1 fully saturated rings. The quantitative estimate of drug-likeness (QED) is 0.723. The zero-order valence-electron chi connectivity index (χ0n) is 11.2. The topological polar surface area (TPSA) is 29.5 Å². The van der Waals surface area contributed by atoms with Gasteiger partial charge in [0.05, 0.1) is 0 Å². The van der Waals surface area contributed by atoms with Crippen LogP contribution >= 0.6 is 0 Å². The molecule has 3 nitrogen and oxygen atoms in total. The fourth-order valence-electron chi connectivity index (χ4n) is 2.34. The summed E-state index contributed by atoms with van der Waals surface area (Å²) in [4.78, 5) is 13.8. The zero-order chi connectivity index (χ0) is 12.3. The summed E-state index contributed by atoms with van der Waals surface area (Å²) in [5.74, 6) is 0.650. The fraction of sp³-hybridized carbons (Fsp3) is 0.923. The second kappa shape index (κ2) is 5.07. The number of amides is 1. The van der Waals surface area contributed by atoms with Gasteiger partial charge in [-0.3, -0.25) is 0 Å². The average Bonchev–Trinajstić information content (AvgIpc) is 2.46. The molecule has 16 heavy (non-hydrogen) atoms. The molecule has 1 aliphatic heterocycles. The van der Waals surface area contributed by atoms with Gasteiger partial charge in [-0.2, -0.15) is 0 Å². The van der Waals surface area contributed by atoms with Crippen molar-refractivity contribution < 1.29 is 9.53 Å². The molecule has 0 bridgehead atoms. The molecule has 2 atom stereocenters. The SMILES string of the molecule is CCCC1CCN(C(=O)OC(C)(C)C)C1C. The molecule has 0 saturated carbocycles. The van der Waals surface area contributed by atoms with Crippen molar-refractivity contribution in [3.8, 4) is 0 Å². The van der Waals surface area contributed by atoms with Crippen molar-refractivity contribution in [3.63, 3.8) is 0 Å². The summed E-state index contributed by atoms with van der Waals surface area (Å²) >= 11 is 0. The van der Waals surface area contributed by atoms with E-state index in [0.717, 1.165) is 13.0 Å². The number of hydrogen-bond acceptors (Lipinski definition) is 2. The summed E-state index contributed by atoms with van der Waals surface area (Å²) in [5.41, 5.74) is -0.389. The molecule has 1 heterocycles. The molecular weight excluding hydrogens is 202 g/mol. The van der Waals surface area contributed by atoms with Crippen molar-refractivity contribution in [2.75, 3.05) is 6.54 Å². The minimum Gasteiger partial charge on any atom is -0.444 e. The summed E-state index contributed by atoms with van der Waals surface area (Å²) < 4.78 is 5.41. The Kier molecular flexibility index (Phi) is 4.22. The second-order valence-electron chi connectivity index (χ2n) is 5.75. The molecule has 0 aromatic carbocycles. The van der Waals surface area contributed by atoms with Crippen LogP contribution in [0.15, 0.2) is 0 Å². The van der Waals surface area contributed by atoms with E-state index in [4.69, 9.17) is 4.74 Å². The molecule has 0 spiro atoms. The van der Waals surface area contributed by atoms with Crippen molar-refractivity contribution in [1.82, 2.24) is 4.90 Å². The van der Waals surface area contributed by atoms with Crippen LogP contribution in [0.3, 0.4) is 0 Å². The maximum Gasteiger partial charge on any atom is 0.410 e. The fourth-order valence-corrected chi connectivity index (χ4v) is 2.34. The van der Waals surface area contributed by atoms with E-state index in [1.807, 2.05) is 25.7 Å². The maximum atomic E-state index is 11.9. The van der Waals surface area contributed by atoms with Crippen molar-refractivity contribution in [2.45, 2.75) is 65.5 Å². The lowest BCUT2D eigenvalue weighted by Crippen LogP contribution is -2.39. The van der Waals surface area contributed by atoms with Crippen LogP contribution in [0.5, 0.6) is 0 Å². The van der Waals surface area contributed by atoms with E-state index < -0.39 is 0 Å². The first-order valence-corrected chi connectivity index (χ1v) is 6.34. The van der Waals surface area contributed by atoms with E-state index in [9.17, 15) is 4.79 Å². The van der Waals surface area contributed by atoms with Gasteiger partial charge in [-0.25, -0.2) is 4.79 Å². The van der Waals surface area contributed by atoms with Crippen molar-refractivity contribution >= 4 is 6.09 Å². The third-order valence-electron chi connectivity index (χ3n) is 3.20. The molecule has 2 unspecified atom stereocenters. The summed E-state index contributed by atoms with van der Waals surface area (Å²) in [7, 11) is 0. The predicted molar refractivity (Wildman–Crippen MR) is 65.4 cm³/mol. The summed E-state index contributed by atoms with van der Waals surface area (Å²) in [5, 5.41) is 0. The zero-order valence-corrected chi connectivity index (χ0v) is 11.2. The van der Waals surface area contributed by atoms with E-state index in [1.165, 1.54) is 12.8 Å². The highest BCUT2D eigenvalue weighted by molar-refractivity contribution is 5.68. The lowest BCUT2D eigenvalue weighted by atomic mass is 9.97. The number of likely N-dealkylation sites (tertiary alicyclic amines) is 1. The largest absolute Gasteiger partial charge is 0.444 e. The summed E-state index contributed by atoms with van der Waals surface area (Å²) in [6, 6.07) is 0.329. The molecular formula is C13H25NO2. The minimum atomic E-state index is -0.389. The van der Waals surface area contributed by atoms with Gasteiger partial charge in [-0.1, -0.05) is 13.3 Å². The number of nitrogens with zero attached hydrogens (tertiary/aromatic N) is 1. The maximum absolute atomic E-state index is 11.9. The lowest BCUT2D eigenvalue weighted by molar-refractivity contribution is 0.0221. The van der Waals surface area contributed by atoms with Gasteiger partial charge in [0.25, 0.3) is 0 Å². The number of carbonyl (C=O) groups is 1. The number of carbonyl (C=O) groups excluding carboxylic acids is 1. The Morgan fingerprint density at radius 1 is 1.44 bits per heavy atom. The standard InChI is InChI=1S/C13H25NO2/c1-6-7-11-8-9-14(10(11)2)12(15)16-13(3,4)5/h10-11H,6-9H2,1-5H3. The lowest BCUT2D eigenvalue weighted by Gasteiger charge is -2.28. The van der Waals surface area contributed by atoms with Crippen molar-refractivity contribution in [3.05, 3.63) is 0 Å². The molecule has 3 heteroatoms.